The molecule has 1 aromatic carbocycles. The monoisotopic (exact) mass is 300 g/mol. The standard InChI is InChI=1S/C17H20N2O3/c1-12-4-10-15(22-3)17(18-12)19-16(20)11-7-13-5-8-14(21-2)9-6-13/h4-6,8-10H,7,11H2,1-3H3,(H,18,19,20). The van der Waals surface area contributed by atoms with Gasteiger partial charge in [0.1, 0.15) is 5.75 Å². The Morgan fingerprint density at radius 1 is 1.09 bits per heavy atom. The number of aromatic nitrogens is 1. The van der Waals surface area contributed by atoms with Crippen molar-refractivity contribution in [3.05, 3.63) is 47.7 Å². The fourth-order valence-corrected chi connectivity index (χ4v) is 2.04. The van der Waals surface area contributed by atoms with Gasteiger partial charge < -0.3 is 14.8 Å². The van der Waals surface area contributed by atoms with Crippen LogP contribution in [0, 0.1) is 6.92 Å². The van der Waals surface area contributed by atoms with Crippen LogP contribution >= 0.6 is 0 Å². The molecular weight excluding hydrogens is 280 g/mol. The number of aryl methyl sites for hydroxylation is 2. The van der Waals surface area contributed by atoms with Crippen LogP contribution in [0.4, 0.5) is 5.82 Å². The average molecular weight is 300 g/mol. The average Bonchev–Trinajstić information content (AvgIpc) is 2.53. The first-order chi connectivity index (χ1) is 10.6. The van der Waals surface area contributed by atoms with Gasteiger partial charge in [0.2, 0.25) is 5.91 Å². The molecule has 0 spiro atoms. The molecule has 1 aromatic heterocycles. The van der Waals surface area contributed by atoms with Crippen molar-refractivity contribution in [2.75, 3.05) is 19.5 Å². The number of methoxy groups -OCH3 is 2. The summed E-state index contributed by atoms with van der Waals surface area (Å²) in [6.07, 6.45) is 1.04. The van der Waals surface area contributed by atoms with Gasteiger partial charge in [0.05, 0.1) is 14.2 Å². The summed E-state index contributed by atoms with van der Waals surface area (Å²) in [6, 6.07) is 11.3. The summed E-state index contributed by atoms with van der Waals surface area (Å²) in [5.41, 5.74) is 1.91. The van der Waals surface area contributed by atoms with Gasteiger partial charge in [0.15, 0.2) is 11.6 Å². The molecule has 5 heteroatoms. The molecule has 0 saturated carbocycles. The molecule has 0 radical (unpaired) electrons. The molecule has 0 aliphatic carbocycles. The first kappa shape index (κ1) is 15.8. The van der Waals surface area contributed by atoms with Crippen molar-refractivity contribution in [1.82, 2.24) is 4.98 Å². The number of rotatable bonds is 6. The maximum atomic E-state index is 12.1. The van der Waals surface area contributed by atoms with Crippen LogP contribution in [0.3, 0.4) is 0 Å². The predicted octanol–water partition coefficient (Wildman–Crippen LogP) is 2.98. The molecule has 1 N–H and O–H groups in total. The number of nitrogens with zero attached hydrogens (tertiary/aromatic N) is 1. The Hall–Kier alpha value is -2.56. The van der Waals surface area contributed by atoms with Gasteiger partial charge in [-0.3, -0.25) is 4.79 Å². The predicted molar refractivity (Wildman–Crippen MR) is 85.5 cm³/mol. The van der Waals surface area contributed by atoms with E-state index in [1.165, 1.54) is 0 Å². The van der Waals surface area contributed by atoms with E-state index in [0.717, 1.165) is 17.0 Å². The van der Waals surface area contributed by atoms with Gasteiger partial charge in [-0.1, -0.05) is 12.1 Å². The third-order valence-electron chi connectivity index (χ3n) is 3.27. The van der Waals surface area contributed by atoms with Crippen molar-refractivity contribution in [2.24, 2.45) is 0 Å². The molecule has 0 bridgehead atoms. The van der Waals surface area contributed by atoms with E-state index in [-0.39, 0.29) is 5.91 Å². The Kier molecular flexibility index (Phi) is 5.36. The number of pyridine rings is 1. The van der Waals surface area contributed by atoms with Crippen LogP contribution in [0.2, 0.25) is 0 Å². The molecule has 0 aliphatic heterocycles. The topological polar surface area (TPSA) is 60.5 Å². The van der Waals surface area contributed by atoms with E-state index >= 15 is 0 Å². The van der Waals surface area contributed by atoms with Crippen LogP contribution in [-0.2, 0) is 11.2 Å². The normalized spacial score (nSPS) is 10.1. The number of nitrogens with one attached hydrogen (secondary N) is 1. The summed E-state index contributed by atoms with van der Waals surface area (Å²) < 4.78 is 10.3. The molecule has 0 saturated heterocycles. The smallest absolute Gasteiger partial charge is 0.225 e. The first-order valence-electron chi connectivity index (χ1n) is 7.07. The van der Waals surface area contributed by atoms with E-state index in [1.54, 1.807) is 20.3 Å². The van der Waals surface area contributed by atoms with Crippen molar-refractivity contribution in [2.45, 2.75) is 19.8 Å². The van der Waals surface area contributed by atoms with Crippen molar-refractivity contribution in [1.29, 1.82) is 0 Å². The van der Waals surface area contributed by atoms with Crippen LogP contribution in [0.25, 0.3) is 0 Å². The van der Waals surface area contributed by atoms with E-state index in [1.807, 2.05) is 37.3 Å². The molecule has 0 aliphatic rings. The van der Waals surface area contributed by atoms with Crippen LogP contribution in [-0.4, -0.2) is 25.1 Å². The number of anilines is 1. The second kappa shape index (κ2) is 7.45. The third-order valence-corrected chi connectivity index (χ3v) is 3.27. The van der Waals surface area contributed by atoms with E-state index in [2.05, 4.69) is 10.3 Å². The van der Waals surface area contributed by atoms with Crippen LogP contribution in [0.5, 0.6) is 11.5 Å². The molecule has 2 rings (SSSR count). The van der Waals surface area contributed by atoms with E-state index < -0.39 is 0 Å². The lowest BCUT2D eigenvalue weighted by atomic mass is 10.1. The highest BCUT2D eigenvalue weighted by Gasteiger charge is 2.09. The summed E-state index contributed by atoms with van der Waals surface area (Å²) in [4.78, 5) is 16.3. The van der Waals surface area contributed by atoms with E-state index in [4.69, 9.17) is 9.47 Å². The summed E-state index contributed by atoms with van der Waals surface area (Å²) in [5.74, 6) is 1.74. The van der Waals surface area contributed by atoms with Gasteiger partial charge in [0.25, 0.3) is 0 Å². The minimum Gasteiger partial charge on any atom is -0.497 e. The highest BCUT2D eigenvalue weighted by molar-refractivity contribution is 5.91. The SMILES string of the molecule is COc1ccc(CCC(=O)Nc2nc(C)ccc2OC)cc1. The quantitative estimate of drug-likeness (QED) is 0.891. The minimum absolute atomic E-state index is 0.0905. The third kappa shape index (κ3) is 4.22. The van der Waals surface area contributed by atoms with Gasteiger partial charge in [0, 0.05) is 12.1 Å². The molecule has 1 amide bonds. The number of carbonyl (C=O) groups is 1. The Labute approximate surface area is 130 Å². The molecule has 1 heterocycles. The fraction of sp³-hybridized carbons (Fsp3) is 0.294. The Morgan fingerprint density at radius 3 is 2.45 bits per heavy atom. The Bertz CT molecular complexity index is 639. The Morgan fingerprint density at radius 2 is 1.82 bits per heavy atom. The van der Waals surface area contributed by atoms with Gasteiger partial charge in [-0.2, -0.15) is 0 Å². The van der Waals surface area contributed by atoms with Gasteiger partial charge in [-0.25, -0.2) is 4.98 Å². The molecule has 22 heavy (non-hydrogen) atoms. The second-order valence-electron chi connectivity index (χ2n) is 4.90. The number of amides is 1. The van der Waals surface area contributed by atoms with Crippen molar-refractivity contribution < 1.29 is 14.3 Å². The zero-order valence-electron chi connectivity index (χ0n) is 13.1. The highest BCUT2D eigenvalue weighted by atomic mass is 16.5. The van der Waals surface area contributed by atoms with Crippen molar-refractivity contribution in [3.63, 3.8) is 0 Å². The van der Waals surface area contributed by atoms with Crippen LogP contribution in [0.15, 0.2) is 36.4 Å². The molecule has 0 unspecified atom stereocenters. The zero-order chi connectivity index (χ0) is 15.9. The molecular formula is C17H20N2O3. The molecule has 0 fully saturated rings. The molecule has 2 aromatic rings. The number of ether oxygens (including phenoxy) is 2. The summed E-state index contributed by atoms with van der Waals surface area (Å²) >= 11 is 0. The second-order valence-corrected chi connectivity index (χ2v) is 4.90. The van der Waals surface area contributed by atoms with Crippen LogP contribution < -0.4 is 14.8 Å². The minimum atomic E-state index is -0.0905. The first-order valence-corrected chi connectivity index (χ1v) is 7.07. The Balaban J connectivity index is 1.94. The number of benzene rings is 1. The maximum Gasteiger partial charge on any atom is 0.225 e. The molecule has 5 nitrogen and oxygen atoms in total. The maximum absolute atomic E-state index is 12.1. The van der Waals surface area contributed by atoms with Gasteiger partial charge >= 0.3 is 0 Å². The number of hydrogen-bond acceptors (Lipinski definition) is 4. The van der Waals surface area contributed by atoms with E-state index in [9.17, 15) is 4.79 Å². The van der Waals surface area contributed by atoms with Gasteiger partial charge in [-0.15, -0.1) is 0 Å². The lowest BCUT2D eigenvalue weighted by Gasteiger charge is -2.10. The highest BCUT2D eigenvalue weighted by Crippen LogP contribution is 2.22. The fourth-order valence-electron chi connectivity index (χ4n) is 2.04. The summed E-state index contributed by atoms with van der Waals surface area (Å²) in [7, 11) is 3.18. The van der Waals surface area contributed by atoms with Crippen molar-refractivity contribution in [3.8, 4) is 11.5 Å². The van der Waals surface area contributed by atoms with Crippen LogP contribution in [0.1, 0.15) is 17.7 Å². The lowest BCUT2D eigenvalue weighted by Crippen LogP contribution is -2.14. The van der Waals surface area contributed by atoms with Gasteiger partial charge in [-0.05, 0) is 43.2 Å². The summed E-state index contributed by atoms with van der Waals surface area (Å²) in [6.45, 7) is 1.87. The zero-order valence-corrected chi connectivity index (χ0v) is 13.1. The van der Waals surface area contributed by atoms with Crippen molar-refractivity contribution >= 4 is 11.7 Å². The molecule has 116 valence electrons. The number of hydrogen-bond donors (Lipinski definition) is 1. The summed E-state index contributed by atoms with van der Waals surface area (Å²) in [5, 5.41) is 2.80. The number of carbonyl (C=O) groups excluding carboxylic acids is 1. The molecule has 0 atom stereocenters. The van der Waals surface area contributed by atoms with E-state index in [0.29, 0.717) is 24.4 Å². The lowest BCUT2D eigenvalue weighted by molar-refractivity contribution is -0.116. The largest absolute Gasteiger partial charge is 0.497 e.